The number of ether oxygens (including phenoxy) is 1. The van der Waals surface area contributed by atoms with E-state index in [1.807, 2.05) is 53.5 Å². The molecule has 0 saturated carbocycles. The number of nitrogens with one attached hydrogen (secondary N) is 2. The fourth-order valence-corrected chi connectivity index (χ4v) is 4.38. The zero-order valence-corrected chi connectivity index (χ0v) is 23.0. The van der Waals surface area contributed by atoms with Crippen molar-refractivity contribution in [3.63, 3.8) is 0 Å². The highest BCUT2D eigenvalue weighted by Crippen LogP contribution is 2.37. The van der Waals surface area contributed by atoms with E-state index in [0.29, 0.717) is 35.6 Å². The molecule has 0 aliphatic heterocycles. The number of carbonyl (C=O) groups is 1. The summed E-state index contributed by atoms with van der Waals surface area (Å²) in [6, 6.07) is 9.37. The van der Waals surface area contributed by atoms with Gasteiger partial charge in [-0.05, 0) is 43.2 Å². The Morgan fingerprint density at radius 3 is 2.65 bits per heavy atom. The van der Waals surface area contributed by atoms with Crippen molar-refractivity contribution in [1.29, 1.82) is 0 Å². The van der Waals surface area contributed by atoms with Crippen molar-refractivity contribution in [2.24, 2.45) is 0 Å². The summed E-state index contributed by atoms with van der Waals surface area (Å²) in [6.07, 6.45) is 3.57. The van der Waals surface area contributed by atoms with Crippen LogP contribution in [0.4, 0.5) is 19.0 Å². The zero-order valence-electron chi connectivity index (χ0n) is 23.0. The molecule has 0 atom stereocenters. The topological polar surface area (TPSA) is 147 Å². The number of anilines is 1. The Labute approximate surface area is 243 Å². The Kier molecular flexibility index (Phi) is 9.14. The Hall–Kier alpha value is -4.99. The number of pyridine rings is 1. The van der Waals surface area contributed by atoms with Crippen LogP contribution in [0.3, 0.4) is 0 Å². The molecule has 0 fully saturated rings. The number of alkyl halides is 3. The number of halogens is 3. The molecule has 226 valence electrons. The van der Waals surface area contributed by atoms with Gasteiger partial charge in [-0.3, -0.25) is 0 Å². The van der Waals surface area contributed by atoms with E-state index in [1.54, 1.807) is 23.3 Å². The van der Waals surface area contributed by atoms with Crippen molar-refractivity contribution in [3.05, 3.63) is 55.2 Å². The van der Waals surface area contributed by atoms with Crippen molar-refractivity contribution >= 4 is 22.8 Å². The normalized spacial score (nSPS) is 11.6. The maximum absolute atomic E-state index is 12.6. The number of rotatable bonds is 14. The fraction of sp³-hybridized carbons (Fsp3) is 0.333. The van der Waals surface area contributed by atoms with Gasteiger partial charge in [-0.25, -0.2) is 24.4 Å². The lowest BCUT2D eigenvalue weighted by atomic mass is 10.1. The summed E-state index contributed by atoms with van der Waals surface area (Å²) >= 11 is 0. The summed E-state index contributed by atoms with van der Waals surface area (Å²) in [7, 11) is 0. The summed E-state index contributed by atoms with van der Waals surface area (Å²) in [4.78, 5) is 28.8. The zero-order chi connectivity index (χ0) is 30.2. The van der Waals surface area contributed by atoms with Crippen LogP contribution in [0.25, 0.3) is 33.8 Å². The van der Waals surface area contributed by atoms with Crippen LogP contribution in [-0.2, 0) is 22.7 Å². The van der Waals surface area contributed by atoms with Crippen LogP contribution in [0.15, 0.2) is 59.9 Å². The lowest BCUT2D eigenvalue weighted by molar-refractivity contribution is -0.196. The predicted molar refractivity (Wildman–Crippen MR) is 148 cm³/mol. The first-order valence-electron chi connectivity index (χ1n) is 13.5. The average molecular weight is 600 g/mol. The third-order valence-corrected chi connectivity index (χ3v) is 6.36. The maximum Gasteiger partial charge on any atom is 0.493 e. The number of hydrogen-bond acceptors (Lipinski definition) is 11. The number of benzene rings is 1. The molecule has 0 aliphatic carbocycles. The number of carbonyl (C=O) groups excluding carboxylic acids is 1. The summed E-state index contributed by atoms with van der Waals surface area (Å²) < 4.78 is 52.6. The summed E-state index contributed by atoms with van der Waals surface area (Å²) in [5, 5.41) is 10.8. The van der Waals surface area contributed by atoms with E-state index < -0.39 is 12.1 Å². The predicted octanol–water partition coefficient (Wildman–Crippen LogP) is 4.25. The Morgan fingerprint density at radius 1 is 1.09 bits per heavy atom. The van der Waals surface area contributed by atoms with Gasteiger partial charge in [0, 0.05) is 31.0 Å². The summed E-state index contributed by atoms with van der Waals surface area (Å²) in [6.45, 7) is 5.10. The van der Waals surface area contributed by atoms with Crippen molar-refractivity contribution in [2.75, 3.05) is 25.2 Å². The van der Waals surface area contributed by atoms with Gasteiger partial charge in [-0.1, -0.05) is 30.3 Å². The van der Waals surface area contributed by atoms with Crippen LogP contribution in [0.2, 0.25) is 0 Å². The van der Waals surface area contributed by atoms with Crippen molar-refractivity contribution in [2.45, 2.75) is 39.0 Å². The first-order valence-corrected chi connectivity index (χ1v) is 13.5. The Bertz CT molecular complexity index is 1640. The fourth-order valence-electron chi connectivity index (χ4n) is 4.38. The quantitative estimate of drug-likeness (QED) is 0.139. The van der Waals surface area contributed by atoms with Crippen LogP contribution in [0, 0.1) is 0 Å². The average Bonchev–Trinajstić information content (AvgIpc) is 3.77. The third-order valence-electron chi connectivity index (χ3n) is 6.36. The molecule has 5 aromatic rings. The number of aryl methyl sites for hydroxylation is 2. The van der Waals surface area contributed by atoms with E-state index in [2.05, 4.69) is 30.4 Å². The molecule has 13 nitrogen and oxygen atoms in total. The monoisotopic (exact) mass is 599 g/mol. The summed E-state index contributed by atoms with van der Waals surface area (Å²) in [5.41, 5.74) is 4.23. The van der Waals surface area contributed by atoms with Gasteiger partial charge in [0.15, 0.2) is 17.3 Å². The minimum atomic E-state index is -5.21. The molecule has 0 aliphatic rings. The van der Waals surface area contributed by atoms with Crippen LogP contribution >= 0.6 is 0 Å². The van der Waals surface area contributed by atoms with Crippen LogP contribution in [0.5, 0.6) is 5.75 Å². The van der Waals surface area contributed by atoms with Gasteiger partial charge < -0.3 is 24.0 Å². The van der Waals surface area contributed by atoms with Crippen molar-refractivity contribution in [3.8, 4) is 28.5 Å². The third kappa shape index (κ3) is 6.91. The second kappa shape index (κ2) is 13.3. The molecule has 0 spiro atoms. The molecule has 0 radical (unpaired) electrons. The minimum absolute atomic E-state index is 0.0714. The molecule has 0 bridgehead atoms. The molecule has 0 unspecified atom stereocenters. The Morgan fingerprint density at radius 2 is 1.91 bits per heavy atom. The molecule has 4 aromatic heterocycles. The van der Waals surface area contributed by atoms with Gasteiger partial charge in [0.1, 0.15) is 11.0 Å². The maximum atomic E-state index is 12.6. The highest BCUT2D eigenvalue weighted by molar-refractivity contribution is 5.96. The SMILES string of the molecule is CCn1c(-c2nonc2NOC(=O)C(F)(F)F)nc2c(-c3ccccc3)ncc(OCCCNCCCn3ccnc3)c21. The minimum Gasteiger partial charge on any atom is -0.490 e. The molecule has 0 saturated heterocycles. The lowest BCUT2D eigenvalue weighted by Gasteiger charge is -2.12. The van der Waals surface area contributed by atoms with Gasteiger partial charge in [0.05, 0.1) is 24.8 Å². The molecule has 16 heteroatoms. The smallest absolute Gasteiger partial charge is 0.490 e. The molecule has 4 heterocycles. The van der Waals surface area contributed by atoms with E-state index in [-0.39, 0.29) is 17.3 Å². The van der Waals surface area contributed by atoms with E-state index in [0.717, 1.165) is 38.0 Å². The number of aromatic nitrogens is 7. The molecule has 1 aromatic carbocycles. The van der Waals surface area contributed by atoms with Gasteiger partial charge >= 0.3 is 12.1 Å². The van der Waals surface area contributed by atoms with Crippen LogP contribution < -0.4 is 15.5 Å². The molecular formula is C27H28F3N9O4. The molecular weight excluding hydrogens is 571 g/mol. The molecule has 43 heavy (non-hydrogen) atoms. The van der Waals surface area contributed by atoms with Gasteiger partial charge in [-0.2, -0.15) is 18.7 Å². The standard InChI is InChI=1S/C27H28F3N9O4/c1-2-39-23-19(41-15-7-11-31-10-6-13-38-14-12-32-17-38)16-33-20(18-8-4-3-5-9-18)21(23)34-25(39)22-24(37-43-35-22)36-42-26(40)27(28,29)30/h3-5,8-9,12,14,16-17,31H,2,6-7,10-11,13,15H2,1H3,(H,36,37). The number of fused-ring (bicyclic) bond motifs is 1. The number of imidazole rings is 2. The summed E-state index contributed by atoms with van der Waals surface area (Å²) in [5.74, 6) is -2.16. The number of hydrogen-bond donors (Lipinski definition) is 2. The van der Waals surface area contributed by atoms with E-state index in [1.165, 1.54) is 0 Å². The lowest BCUT2D eigenvalue weighted by Crippen LogP contribution is -2.27. The van der Waals surface area contributed by atoms with Gasteiger partial charge in [0.25, 0.3) is 0 Å². The molecule has 0 amide bonds. The van der Waals surface area contributed by atoms with Crippen molar-refractivity contribution in [1.82, 2.24) is 39.7 Å². The molecule has 5 rings (SSSR count). The largest absolute Gasteiger partial charge is 0.493 e. The van der Waals surface area contributed by atoms with Crippen LogP contribution in [0.1, 0.15) is 19.8 Å². The van der Waals surface area contributed by atoms with Crippen molar-refractivity contribution < 1.29 is 32.2 Å². The first kappa shape index (κ1) is 29.5. The van der Waals surface area contributed by atoms with Gasteiger partial charge in [-0.15, -0.1) is 0 Å². The van der Waals surface area contributed by atoms with Crippen LogP contribution in [-0.4, -0.2) is 66.2 Å². The first-order chi connectivity index (χ1) is 20.9. The number of nitrogens with zero attached hydrogens (tertiary/aromatic N) is 7. The van der Waals surface area contributed by atoms with Gasteiger partial charge in [0.2, 0.25) is 5.82 Å². The highest BCUT2D eigenvalue weighted by atomic mass is 19.4. The van der Waals surface area contributed by atoms with E-state index >= 15 is 0 Å². The van der Waals surface area contributed by atoms with E-state index in [9.17, 15) is 18.0 Å². The second-order valence-corrected chi connectivity index (χ2v) is 9.27. The van der Waals surface area contributed by atoms with E-state index in [4.69, 9.17) is 14.3 Å². The Balaban J connectivity index is 1.36. The highest BCUT2D eigenvalue weighted by Gasteiger charge is 2.42. The molecule has 2 N–H and O–H groups in total. The second-order valence-electron chi connectivity index (χ2n) is 9.27.